The van der Waals surface area contributed by atoms with E-state index in [4.69, 9.17) is 0 Å². The van der Waals surface area contributed by atoms with Gasteiger partial charge in [-0.25, -0.2) is 9.07 Å². The number of rotatable bonds is 5. The number of hydrogen-bond acceptors (Lipinski definition) is 4. The Morgan fingerprint density at radius 3 is 2.45 bits per heavy atom. The third-order valence-electron chi connectivity index (χ3n) is 5.38. The van der Waals surface area contributed by atoms with Gasteiger partial charge >= 0.3 is 0 Å². The Labute approximate surface area is 179 Å². The van der Waals surface area contributed by atoms with Gasteiger partial charge in [0.25, 0.3) is 5.91 Å². The highest BCUT2D eigenvalue weighted by Gasteiger charge is 2.20. The molecule has 7 nitrogen and oxygen atoms in total. The van der Waals surface area contributed by atoms with Crippen molar-refractivity contribution >= 4 is 17.5 Å². The third-order valence-corrected chi connectivity index (χ3v) is 5.38. The van der Waals surface area contributed by atoms with Crippen molar-refractivity contribution in [1.29, 1.82) is 0 Å². The normalized spacial score (nSPS) is 13.8. The minimum absolute atomic E-state index is 0.0227. The monoisotopic (exact) mass is 421 g/mol. The zero-order valence-electron chi connectivity index (χ0n) is 17.5. The first-order chi connectivity index (χ1) is 14.9. The topological polar surface area (TPSA) is 79.3 Å². The lowest BCUT2D eigenvalue weighted by atomic mass is 10.1. The molecule has 0 atom stereocenters. The average molecular weight is 421 g/mol. The largest absolute Gasteiger partial charge is 0.360 e. The van der Waals surface area contributed by atoms with Gasteiger partial charge in [0.2, 0.25) is 5.91 Å². The second-order valence-electron chi connectivity index (χ2n) is 7.55. The first kappa shape index (κ1) is 20.6. The zero-order valence-corrected chi connectivity index (χ0v) is 17.5. The molecule has 0 aliphatic carbocycles. The standard InChI is InChI=1S/C23H24FN5O2/c1-15-22(16(2)29(27-15)20-9-5-18(24)6-10-20)23(31)26-13-17-3-7-19(8-4-17)28-12-11-25-21(30)14-28/h3-10H,11-14H2,1-2H3,(H,25,30)(H,26,31). The molecule has 2 amide bonds. The van der Waals surface area contributed by atoms with Gasteiger partial charge < -0.3 is 15.5 Å². The Balaban J connectivity index is 1.43. The van der Waals surface area contributed by atoms with E-state index < -0.39 is 0 Å². The number of piperazine rings is 1. The molecule has 0 bridgehead atoms. The Morgan fingerprint density at radius 2 is 1.77 bits per heavy atom. The van der Waals surface area contributed by atoms with Crippen molar-refractivity contribution in [3.05, 3.63) is 76.9 Å². The van der Waals surface area contributed by atoms with E-state index in [1.165, 1.54) is 12.1 Å². The Bertz CT molecular complexity index is 1110. The number of amides is 2. The quantitative estimate of drug-likeness (QED) is 0.664. The predicted octanol–water partition coefficient (Wildman–Crippen LogP) is 2.49. The van der Waals surface area contributed by atoms with E-state index in [1.807, 2.05) is 36.1 Å². The fourth-order valence-electron chi connectivity index (χ4n) is 3.76. The smallest absolute Gasteiger partial charge is 0.255 e. The first-order valence-corrected chi connectivity index (χ1v) is 10.1. The fourth-order valence-corrected chi connectivity index (χ4v) is 3.76. The molecule has 1 aromatic heterocycles. The predicted molar refractivity (Wildman–Crippen MR) is 116 cm³/mol. The number of nitrogens with one attached hydrogen (secondary N) is 2. The van der Waals surface area contributed by atoms with Gasteiger partial charge in [-0.15, -0.1) is 0 Å². The number of carbonyl (C=O) groups excluding carboxylic acids is 2. The highest BCUT2D eigenvalue weighted by atomic mass is 19.1. The first-order valence-electron chi connectivity index (χ1n) is 10.1. The van der Waals surface area contributed by atoms with E-state index in [2.05, 4.69) is 15.7 Å². The highest BCUT2D eigenvalue weighted by Crippen LogP contribution is 2.19. The van der Waals surface area contributed by atoms with E-state index >= 15 is 0 Å². The summed E-state index contributed by atoms with van der Waals surface area (Å²) >= 11 is 0. The van der Waals surface area contributed by atoms with Gasteiger partial charge in [-0.3, -0.25) is 9.59 Å². The summed E-state index contributed by atoms with van der Waals surface area (Å²) in [5.74, 6) is -0.507. The number of anilines is 1. The summed E-state index contributed by atoms with van der Waals surface area (Å²) in [6.07, 6.45) is 0. The van der Waals surface area contributed by atoms with Gasteiger partial charge in [0.05, 0.1) is 29.2 Å². The van der Waals surface area contributed by atoms with E-state index in [-0.39, 0.29) is 17.6 Å². The summed E-state index contributed by atoms with van der Waals surface area (Å²) in [6.45, 7) is 5.75. The van der Waals surface area contributed by atoms with E-state index in [9.17, 15) is 14.0 Å². The van der Waals surface area contributed by atoms with Gasteiger partial charge in [-0.2, -0.15) is 5.10 Å². The van der Waals surface area contributed by atoms with Gasteiger partial charge in [-0.05, 0) is 55.8 Å². The number of halogens is 1. The Morgan fingerprint density at radius 1 is 1.10 bits per heavy atom. The average Bonchev–Trinajstić information content (AvgIpc) is 3.07. The van der Waals surface area contributed by atoms with E-state index in [0.29, 0.717) is 42.3 Å². The molecule has 2 aromatic carbocycles. The maximum atomic E-state index is 13.2. The SMILES string of the molecule is Cc1nn(-c2ccc(F)cc2)c(C)c1C(=O)NCc1ccc(N2CCNC(=O)C2)cc1. The van der Waals surface area contributed by atoms with Crippen molar-refractivity contribution in [2.24, 2.45) is 0 Å². The minimum Gasteiger partial charge on any atom is -0.360 e. The van der Waals surface area contributed by atoms with Crippen molar-refractivity contribution in [3.8, 4) is 5.69 Å². The summed E-state index contributed by atoms with van der Waals surface area (Å²) in [5.41, 5.74) is 4.46. The zero-order chi connectivity index (χ0) is 22.0. The molecule has 0 spiro atoms. The van der Waals surface area contributed by atoms with Gasteiger partial charge in [-0.1, -0.05) is 12.1 Å². The van der Waals surface area contributed by atoms with Crippen molar-refractivity contribution < 1.29 is 14.0 Å². The van der Waals surface area contributed by atoms with Crippen LogP contribution in [0.5, 0.6) is 0 Å². The third kappa shape index (κ3) is 4.42. The summed E-state index contributed by atoms with van der Waals surface area (Å²) in [7, 11) is 0. The number of aromatic nitrogens is 2. The maximum Gasteiger partial charge on any atom is 0.255 e. The number of carbonyl (C=O) groups is 2. The number of benzene rings is 2. The molecule has 1 saturated heterocycles. The fraction of sp³-hybridized carbons (Fsp3) is 0.261. The molecule has 2 N–H and O–H groups in total. The van der Waals surface area contributed by atoms with Crippen LogP contribution >= 0.6 is 0 Å². The molecular weight excluding hydrogens is 397 g/mol. The molecule has 0 saturated carbocycles. The van der Waals surface area contributed by atoms with Crippen LogP contribution < -0.4 is 15.5 Å². The van der Waals surface area contributed by atoms with Crippen LogP contribution in [0, 0.1) is 19.7 Å². The van der Waals surface area contributed by atoms with Gasteiger partial charge in [0.15, 0.2) is 0 Å². The molecule has 8 heteroatoms. The number of nitrogens with zero attached hydrogens (tertiary/aromatic N) is 3. The second-order valence-corrected chi connectivity index (χ2v) is 7.55. The van der Waals surface area contributed by atoms with Gasteiger partial charge in [0, 0.05) is 25.3 Å². The van der Waals surface area contributed by atoms with Crippen LogP contribution in [0.2, 0.25) is 0 Å². The molecular formula is C23H24FN5O2. The highest BCUT2D eigenvalue weighted by molar-refractivity contribution is 5.96. The van der Waals surface area contributed by atoms with Gasteiger partial charge in [0.1, 0.15) is 5.82 Å². The van der Waals surface area contributed by atoms with Crippen LogP contribution in [0.4, 0.5) is 10.1 Å². The molecule has 2 heterocycles. The molecule has 160 valence electrons. The number of aryl methyl sites for hydroxylation is 1. The molecule has 1 aliphatic heterocycles. The lowest BCUT2D eigenvalue weighted by Crippen LogP contribution is -2.47. The van der Waals surface area contributed by atoms with E-state index in [0.717, 1.165) is 17.8 Å². The molecule has 1 fully saturated rings. The lowest BCUT2D eigenvalue weighted by molar-refractivity contribution is -0.120. The summed E-state index contributed by atoms with van der Waals surface area (Å²) < 4.78 is 14.9. The van der Waals surface area contributed by atoms with Crippen molar-refractivity contribution in [2.75, 3.05) is 24.5 Å². The van der Waals surface area contributed by atoms with Crippen LogP contribution in [-0.2, 0) is 11.3 Å². The van der Waals surface area contributed by atoms with E-state index in [1.54, 1.807) is 23.7 Å². The van der Waals surface area contributed by atoms with Crippen LogP contribution in [-0.4, -0.2) is 41.2 Å². The Hall–Kier alpha value is -3.68. The van der Waals surface area contributed by atoms with Crippen molar-refractivity contribution in [3.63, 3.8) is 0 Å². The van der Waals surface area contributed by atoms with Crippen molar-refractivity contribution in [2.45, 2.75) is 20.4 Å². The second kappa shape index (κ2) is 8.59. The summed E-state index contributed by atoms with van der Waals surface area (Å²) in [5, 5.41) is 10.2. The van der Waals surface area contributed by atoms with Crippen LogP contribution in [0.25, 0.3) is 5.69 Å². The minimum atomic E-state index is -0.321. The molecule has 1 aliphatic rings. The van der Waals surface area contributed by atoms with Crippen LogP contribution in [0.3, 0.4) is 0 Å². The number of hydrogen-bond donors (Lipinski definition) is 2. The molecule has 31 heavy (non-hydrogen) atoms. The molecule has 4 rings (SSSR count). The summed E-state index contributed by atoms with van der Waals surface area (Å²) in [4.78, 5) is 26.4. The molecule has 3 aromatic rings. The summed E-state index contributed by atoms with van der Waals surface area (Å²) in [6, 6.07) is 13.8. The molecule has 0 radical (unpaired) electrons. The molecule has 0 unspecified atom stereocenters. The Kier molecular flexibility index (Phi) is 5.70. The maximum absolute atomic E-state index is 13.2. The van der Waals surface area contributed by atoms with Crippen LogP contribution in [0.15, 0.2) is 48.5 Å². The van der Waals surface area contributed by atoms with Crippen LogP contribution in [0.1, 0.15) is 27.3 Å². The van der Waals surface area contributed by atoms with Crippen molar-refractivity contribution in [1.82, 2.24) is 20.4 Å². The lowest BCUT2D eigenvalue weighted by Gasteiger charge is -2.28.